The maximum Gasteiger partial charge on any atom is 0.323 e. The Labute approximate surface area is 145 Å². The topological polar surface area (TPSA) is 76.4 Å². The van der Waals surface area contributed by atoms with Gasteiger partial charge in [0.05, 0.1) is 18.9 Å². The Kier molecular flexibility index (Phi) is 4.99. The lowest BCUT2D eigenvalue weighted by Gasteiger charge is -2.11. The highest BCUT2D eigenvalue weighted by Crippen LogP contribution is 2.32. The summed E-state index contributed by atoms with van der Waals surface area (Å²) < 4.78 is 10.7. The first-order chi connectivity index (χ1) is 12.2. The number of oxazole rings is 1. The van der Waals surface area contributed by atoms with Gasteiger partial charge in [-0.15, -0.1) is 0 Å². The number of ether oxygens (including phenoxy) is 1. The van der Waals surface area contributed by atoms with Gasteiger partial charge in [-0.25, -0.2) is 9.78 Å². The molecule has 3 rings (SSSR count). The maximum atomic E-state index is 12.2. The number of nitrogens with zero attached hydrogens (tertiary/aromatic N) is 1. The van der Waals surface area contributed by atoms with Gasteiger partial charge in [-0.1, -0.05) is 19.1 Å². The molecule has 6 heteroatoms. The molecular weight excluding hydrogens is 318 g/mol. The van der Waals surface area contributed by atoms with Crippen LogP contribution in [0.2, 0.25) is 0 Å². The highest BCUT2D eigenvalue weighted by molar-refractivity contribution is 6.00. The van der Waals surface area contributed by atoms with Crippen molar-refractivity contribution in [2.24, 2.45) is 0 Å². The lowest BCUT2D eigenvalue weighted by molar-refractivity contribution is 0.262. The third-order valence-corrected chi connectivity index (χ3v) is 3.75. The molecule has 0 aliphatic heterocycles. The van der Waals surface area contributed by atoms with Gasteiger partial charge >= 0.3 is 6.03 Å². The third-order valence-electron chi connectivity index (χ3n) is 3.75. The van der Waals surface area contributed by atoms with Crippen LogP contribution in [0.4, 0.5) is 16.2 Å². The third kappa shape index (κ3) is 3.98. The van der Waals surface area contributed by atoms with Gasteiger partial charge < -0.3 is 19.8 Å². The van der Waals surface area contributed by atoms with Crippen LogP contribution in [0.15, 0.2) is 59.5 Å². The van der Waals surface area contributed by atoms with E-state index in [0.29, 0.717) is 17.2 Å². The molecule has 0 atom stereocenters. The molecular formula is C19H19N3O3. The van der Waals surface area contributed by atoms with Gasteiger partial charge in [-0.3, -0.25) is 0 Å². The van der Waals surface area contributed by atoms with Crippen LogP contribution in [0.1, 0.15) is 12.5 Å². The van der Waals surface area contributed by atoms with Gasteiger partial charge in [0, 0.05) is 17.4 Å². The number of hydrogen-bond acceptors (Lipinski definition) is 4. The number of amides is 2. The van der Waals surface area contributed by atoms with Crippen LogP contribution in [-0.4, -0.2) is 18.1 Å². The Morgan fingerprint density at radius 2 is 1.96 bits per heavy atom. The number of anilines is 2. The standard InChI is InChI=1S/C19H19N3O3/c1-3-13-5-4-6-14(9-13)21-19(23)22-15-7-8-16(17(10-15)24-2)18-11-20-12-25-18/h4-12H,3H2,1-2H3,(H2,21,22,23). The monoisotopic (exact) mass is 337 g/mol. The molecule has 0 aliphatic carbocycles. The molecule has 3 aromatic rings. The van der Waals surface area contributed by atoms with Crippen LogP contribution in [0.25, 0.3) is 11.3 Å². The van der Waals surface area contributed by atoms with E-state index in [1.807, 2.05) is 30.3 Å². The predicted molar refractivity (Wildman–Crippen MR) is 97.0 cm³/mol. The molecule has 25 heavy (non-hydrogen) atoms. The van der Waals surface area contributed by atoms with Crippen molar-refractivity contribution in [1.29, 1.82) is 0 Å². The van der Waals surface area contributed by atoms with E-state index in [1.54, 1.807) is 25.4 Å². The van der Waals surface area contributed by atoms with E-state index in [-0.39, 0.29) is 6.03 Å². The summed E-state index contributed by atoms with van der Waals surface area (Å²) in [4.78, 5) is 16.1. The number of nitrogens with one attached hydrogen (secondary N) is 2. The van der Waals surface area contributed by atoms with E-state index in [2.05, 4.69) is 22.5 Å². The zero-order valence-electron chi connectivity index (χ0n) is 14.1. The van der Waals surface area contributed by atoms with Crippen LogP contribution in [0.5, 0.6) is 5.75 Å². The van der Waals surface area contributed by atoms with Crippen LogP contribution in [0, 0.1) is 0 Å². The fourth-order valence-corrected chi connectivity index (χ4v) is 2.48. The first kappa shape index (κ1) is 16.6. The summed E-state index contributed by atoms with van der Waals surface area (Å²) in [5.74, 6) is 1.19. The molecule has 2 amide bonds. The normalized spacial score (nSPS) is 10.3. The van der Waals surface area contributed by atoms with Crippen molar-refractivity contribution >= 4 is 17.4 Å². The van der Waals surface area contributed by atoms with Crippen molar-refractivity contribution in [1.82, 2.24) is 4.98 Å². The summed E-state index contributed by atoms with van der Waals surface area (Å²) in [5.41, 5.74) is 3.30. The molecule has 128 valence electrons. The van der Waals surface area contributed by atoms with Gasteiger partial charge in [0.1, 0.15) is 5.75 Å². The number of hydrogen-bond donors (Lipinski definition) is 2. The molecule has 2 N–H and O–H groups in total. The molecule has 0 bridgehead atoms. The first-order valence-corrected chi connectivity index (χ1v) is 7.93. The number of benzene rings is 2. The summed E-state index contributed by atoms with van der Waals surface area (Å²) in [7, 11) is 1.56. The lowest BCUT2D eigenvalue weighted by Crippen LogP contribution is -2.19. The number of methoxy groups -OCH3 is 1. The van der Waals surface area contributed by atoms with Crippen molar-refractivity contribution in [3.63, 3.8) is 0 Å². The number of rotatable bonds is 5. The Morgan fingerprint density at radius 3 is 2.64 bits per heavy atom. The minimum atomic E-state index is -0.317. The van der Waals surface area contributed by atoms with Gasteiger partial charge in [-0.05, 0) is 36.2 Å². The first-order valence-electron chi connectivity index (χ1n) is 7.93. The van der Waals surface area contributed by atoms with Crippen LogP contribution in [0.3, 0.4) is 0 Å². The quantitative estimate of drug-likeness (QED) is 0.716. The zero-order chi connectivity index (χ0) is 17.6. The molecule has 0 aliphatic rings. The van der Waals surface area contributed by atoms with Gasteiger partial charge in [0.25, 0.3) is 0 Å². The Bertz CT molecular complexity index is 860. The van der Waals surface area contributed by atoms with Crippen LogP contribution >= 0.6 is 0 Å². The summed E-state index contributed by atoms with van der Waals surface area (Å²) in [6.07, 6.45) is 3.88. The van der Waals surface area contributed by atoms with Crippen LogP contribution < -0.4 is 15.4 Å². The smallest absolute Gasteiger partial charge is 0.323 e. The fourth-order valence-electron chi connectivity index (χ4n) is 2.48. The van der Waals surface area contributed by atoms with Crippen molar-refractivity contribution < 1.29 is 13.9 Å². The van der Waals surface area contributed by atoms with E-state index < -0.39 is 0 Å². The second kappa shape index (κ2) is 7.53. The highest BCUT2D eigenvalue weighted by atomic mass is 16.5. The molecule has 6 nitrogen and oxygen atoms in total. The largest absolute Gasteiger partial charge is 0.496 e. The number of aryl methyl sites for hydroxylation is 1. The number of aromatic nitrogens is 1. The summed E-state index contributed by atoms with van der Waals surface area (Å²) in [5, 5.41) is 5.62. The summed E-state index contributed by atoms with van der Waals surface area (Å²) >= 11 is 0. The zero-order valence-corrected chi connectivity index (χ0v) is 14.1. The van der Waals surface area contributed by atoms with E-state index in [1.165, 1.54) is 6.39 Å². The molecule has 1 aromatic heterocycles. The SMILES string of the molecule is CCc1cccc(NC(=O)Nc2ccc(-c3cnco3)c(OC)c2)c1. The predicted octanol–water partition coefficient (Wildman–Crippen LogP) is 4.56. The Balaban J connectivity index is 1.73. The lowest BCUT2D eigenvalue weighted by atomic mass is 10.1. The van der Waals surface area contributed by atoms with Crippen LogP contribution in [-0.2, 0) is 6.42 Å². The van der Waals surface area contributed by atoms with E-state index >= 15 is 0 Å². The van der Waals surface area contributed by atoms with E-state index in [9.17, 15) is 4.79 Å². The van der Waals surface area contributed by atoms with E-state index in [0.717, 1.165) is 23.2 Å². The van der Waals surface area contributed by atoms with Crippen molar-refractivity contribution in [2.45, 2.75) is 13.3 Å². The van der Waals surface area contributed by atoms with E-state index in [4.69, 9.17) is 9.15 Å². The second-order valence-corrected chi connectivity index (χ2v) is 5.41. The molecule has 0 spiro atoms. The maximum absolute atomic E-state index is 12.2. The molecule has 0 saturated carbocycles. The average molecular weight is 337 g/mol. The molecule has 1 heterocycles. The number of carbonyl (C=O) groups is 1. The number of urea groups is 1. The minimum absolute atomic E-state index is 0.317. The summed E-state index contributed by atoms with van der Waals surface area (Å²) in [6.45, 7) is 2.07. The number of carbonyl (C=O) groups excluding carboxylic acids is 1. The molecule has 0 radical (unpaired) electrons. The van der Waals surface area contributed by atoms with Crippen molar-refractivity contribution in [3.8, 4) is 17.1 Å². The fraction of sp³-hybridized carbons (Fsp3) is 0.158. The molecule has 0 unspecified atom stereocenters. The second-order valence-electron chi connectivity index (χ2n) is 5.41. The average Bonchev–Trinajstić information content (AvgIpc) is 3.16. The molecule has 2 aromatic carbocycles. The molecule has 0 saturated heterocycles. The Morgan fingerprint density at radius 1 is 1.16 bits per heavy atom. The van der Waals surface area contributed by atoms with Gasteiger partial charge in [-0.2, -0.15) is 0 Å². The van der Waals surface area contributed by atoms with Crippen molar-refractivity contribution in [2.75, 3.05) is 17.7 Å². The van der Waals surface area contributed by atoms with Crippen molar-refractivity contribution in [3.05, 3.63) is 60.6 Å². The molecule has 0 fully saturated rings. The van der Waals surface area contributed by atoms with Gasteiger partial charge in [0.15, 0.2) is 12.2 Å². The summed E-state index contributed by atoms with van der Waals surface area (Å²) in [6, 6.07) is 12.8. The Hall–Kier alpha value is -3.28. The highest BCUT2D eigenvalue weighted by Gasteiger charge is 2.11. The van der Waals surface area contributed by atoms with Gasteiger partial charge in [0.2, 0.25) is 0 Å². The minimum Gasteiger partial charge on any atom is -0.496 e.